The van der Waals surface area contributed by atoms with Gasteiger partial charge in [0.25, 0.3) is 0 Å². The highest BCUT2D eigenvalue weighted by Crippen LogP contribution is 2.50. The summed E-state index contributed by atoms with van der Waals surface area (Å²) in [6.07, 6.45) is 4.77. The highest BCUT2D eigenvalue weighted by Gasteiger charge is 2.46. The van der Waals surface area contributed by atoms with Gasteiger partial charge in [-0.05, 0) is 45.2 Å². The summed E-state index contributed by atoms with van der Waals surface area (Å²) in [7, 11) is 4.28. The van der Waals surface area contributed by atoms with E-state index in [0.717, 1.165) is 32.0 Å². The van der Waals surface area contributed by atoms with Gasteiger partial charge >= 0.3 is 0 Å². The van der Waals surface area contributed by atoms with Crippen LogP contribution in [0.15, 0.2) is 0 Å². The van der Waals surface area contributed by atoms with E-state index in [2.05, 4.69) is 24.3 Å². The van der Waals surface area contributed by atoms with Crippen molar-refractivity contribution >= 4 is 11.8 Å². The molecule has 0 aromatic heterocycles. The van der Waals surface area contributed by atoms with E-state index in [-0.39, 0.29) is 18.4 Å². The predicted octanol–water partition coefficient (Wildman–Crippen LogP) is 0.455. The molecule has 0 unspecified atom stereocenters. The zero-order valence-corrected chi connectivity index (χ0v) is 12.2. The molecule has 5 nitrogen and oxygen atoms in total. The highest BCUT2D eigenvalue weighted by atomic mass is 16.2. The molecule has 0 aromatic rings. The van der Waals surface area contributed by atoms with Gasteiger partial charge < -0.3 is 15.1 Å². The number of nitrogens with one attached hydrogen (secondary N) is 1. The van der Waals surface area contributed by atoms with Crippen LogP contribution in [-0.2, 0) is 9.59 Å². The Labute approximate surface area is 115 Å². The van der Waals surface area contributed by atoms with Crippen molar-refractivity contribution in [3.05, 3.63) is 0 Å². The van der Waals surface area contributed by atoms with Crippen LogP contribution >= 0.6 is 0 Å². The lowest BCUT2D eigenvalue weighted by Gasteiger charge is -2.54. The normalized spacial score (nSPS) is 22.4. The smallest absolute Gasteiger partial charge is 0.241 e. The second-order valence-corrected chi connectivity index (χ2v) is 6.32. The number of rotatable bonds is 3. The van der Waals surface area contributed by atoms with Gasteiger partial charge in [0.05, 0.1) is 6.54 Å². The van der Waals surface area contributed by atoms with Crippen LogP contribution in [0.2, 0.25) is 0 Å². The number of hydrogen-bond acceptors (Lipinski definition) is 3. The van der Waals surface area contributed by atoms with Gasteiger partial charge in [-0.2, -0.15) is 0 Å². The van der Waals surface area contributed by atoms with Crippen LogP contribution in [-0.4, -0.2) is 61.4 Å². The van der Waals surface area contributed by atoms with Gasteiger partial charge in [-0.1, -0.05) is 0 Å². The van der Waals surface area contributed by atoms with Crippen molar-refractivity contribution < 1.29 is 9.59 Å². The maximum absolute atomic E-state index is 11.9. The molecule has 1 saturated heterocycles. The van der Waals surface area contributed by atoms with E-state index in [9.17, 15) is 9.59 Å². The third kappa shape index (κ3) is 3.26. The summed E-state index contributed by atoms with van der Waals surface area (Å²) in [5.74, 6) is -0.0943. The van der Waals surface area contributed by atoms with Gasteiger partial charge in [-0.25, -0.2) is 0 Å². The monoisotopic (exact) mass is 267 g/mol. The number of likely N-dealkylation sites (tertiary alicyclic amines) is 1. The van der Waals surface area contributed by atoms with Crippen LogP contribution in [0, 0.1) is 5.41 Å². The molecule has 1 N–H and O–H groups in total. The molecule has 1 heterocycles. The van der Waals surface area contributed by atoms with Crippen LogP contribution in [0.4, 0.5) is 0 Å². The van der Waals surface area contributed by atoms with Gasteiger partial charge in [0.15, 0.2) is 0 Å². The maximum Gasteiger partial charge on any atom is 0.241 e. The van der Waals surface area contributed by atoms with Gasteiger partial charge in [-0.3, -0.25) is 9.59 Å². The Bertz CT molecular complexity index is 352. The van der Waals surface area contributed by atoms with Gasteiger partial charge in [0.2, 0.25) is 11.8 Å². The van der Waals surface area contributed by atoms with E-state index in [1.807, 2.05) is 4.90 Å². The number of piperidine rings is 1. The fraction of sp³-hybridized carbons (Fsp3) is 0.857. The van der Waals surface area contributed by atoms with Crippen LogP contribution in [0.3, 0.4) is 0 Å². The molecule has 0 atom stereocenters. The largest absolute Gasteiger partial charge is 0.347 e. The van der Waals surface area contributed by atoms with Crippen LogP contribution in [0.5, 0.6) is 0 Å². The zero-order valence-electron chi connectivity index (χ0n) is 12.2. The van der Waals surface area contributed by atoms with Crippen LogP contribution in [0.1, 0.15) is 32.6 Å². The number of carbonyl (C=O) groups excluding carboxylic acids is 2. The molecule has 19 heavy (non-hydrogen) atoms. The molecule has 1 spiro atoms. The lowest BCUT2D eigenvalue weighted by Crippen LogP contribution is -2.54. The lowest BCUT2D eigenvalue weighted by atomic mass is 9.60. The topological polar surface area (TPSA) is 52.7 Å². The molecule has 5 heteroatoms. The Morgan fingerprint density at radius 2 is 1.84 bits per heavy atom. The third-order valence-corrected chi connectivity index (χ3v) is 4.73. The molecular formula is C14H25N3O2. The van der Waals surface area contributed by atoms with Crippen LogP contribution in [0.25, 0.3) is 0 Å². The number of amides is 2. The molecular weight excluding hydrogens is 242 g/mol. The van der Waals surface area contributed by atoms with Crippen molar-refractivity contribution in [2.45, 2.75) is 38.6 Å². The predicted molar refractivity (Wildman–Crippen MR) is 73.6 cm³/mol. The lowest BCUT2D eigenvalue weighted by molar-refractivity contribution is -0.136. The Balaban J connectivity index is 1.74. The standard InChI is InChI=1S/C14H25N3O2/c1-11(18)15-10-13(19)17-6-4-14(5-7-17)8-12(9-14)16(2)3/h12H,4-10H2,1-3H3,(H,15,18). The maximum atomic E-state index is 11.9. The van der Waals surface area contributed by atoms with Crippen molar-refractivity contribution in [1.82, 2.24) is 15.1 Å². The second kappa shape index (κ2) is 5.49. The summed E-state index contributed by atoms with van der Waals surface area (Å²) in [4.78, 5) is 26.9. The van der Waals surface area contributed by atoms with E-state index >= 15 is 0 Å². The molecule has 108 valence electrons. The van der Waals surface area contributed by atoms with Crippen molar-refractivity contribution in [1.29, 1.82) is 0 Å². The minimum atomic E-state index is -0.144. The Morgan fingerprint density at radius 3 is 2.32 bits per heavy atom. The highest BCUT2D eigenvalue weighted by molar-refractivity contribution is 5.83. The molecule has 2 rings (SSSR count). The van der Waals surface area contributed by atoms with Gasteiger partial charge in [0.1, 0.15) is 0 Å². The molecule has 2 amide bonds. The summed E-state index contributed by atoms with van der Waals surface area (Å²) in [6, 6.07) is 0.724. The first-order valence-corrected chi connectivity index (χ1v) is 7.10. The number of nitrogens with zero attached hydrogens (tertiary/aromatic N) is 2. The Kier molecular flexibility index (Phi) is 4.13. The first kappa shape index (κ1) is 14.3. The molecule has 0 bridgehead atoms. The summed E-state index contributed by atoms with van der Waals surface area (Å²) in [5.41, 5.74) is 0.486. The summed E-state index contributed by atoms with van der Waals surface area (Å²) in [5, 5.41) is 2.58. The van der Waals surface area contributed by atoms with Gasteiger partial charge in [0, 0.05) is 26.1 Å². The molecule has 2 aliphatic rings. The Morgan fingerprint density at radius 1 is 1.26 bits per heavy atom. The van der Waals surface area contributed by atoms with Crippen molar-refractivity contribution in [3.63, 3.8) is 0 Å². The number of hydrogen-bond donors (Lipinski definition) is 1. The van der Waals surface area contributed by atoms with E-state index < -0.39 is 0 Å². The summed E-state index contributed by atoms with van der Waals surface area (Å²) < 4.78 is 0. The first-order chi connectivity index (χ1) is 8.92. The van der Waals surface area contributed by atoms with Crippen molar-refractivity contribution in [2.75, 3.05) is 33.7 Å². The molecule has 1 saturated carbocycles. The zero-order chi connectivity index (χ0) is 14.0. The van der Waals surface area contributed by atoms with Crippen molar-refractivity contribution in [3.8, 4) is 0 Å². The molecule has 1 aliphatic carbocycles. The SMILES string of the molecule is CC(=O)NCC(=O)N1CCC2(CC1)CC(N(C)C)C2. The molecule has 1 aliphatic heterocycles. The van der Waals surface area contributed by atoms with E-state index in [1.54, 1.807) is 0 Å². The van der Waals surface area contributed by atoms with E-state index in [4.69, 9.17) is 0 Å². The molecule has 0 radical (unpaired) electrons. The average molecular weight is 267 g/mol. The summed E-state index contributed by atoms with van der Waals surface area (Å²) >= 11 is 0. The van der Waals surface area contributed by atoms with E-state index in [0.29, 0.717) is 5.41 Å². The van der Waals surface area contributed by atoms with Crippen molar-refractivity contribution in [2.24, 2.45) is 5.41 Å². The molecule has 2 fully saturated rings. The van der Waals surface area contributed by atoms with Gasteiger partial charge in [-0.15, -0.1) is 0 Å². The summed E-state index contributed by atoms with van der Waals surface area (Å²) in [6.45, 7) is 3.27. The average Bonchev–Trinajstić information content (AvgIpc) is 2.33. The molecule has 0 aromatic carbocycles. The van der Waals surface area contributed by atoms with Crippen LogP contribution < -0.4 is 5.32 Å². The number of carbonyl (C=O) groups is 2. The fourth-order valence-electron chi connectivity index (χ4n) is 3.26. The minimum Gasteiger partial charge on any atom is -0.347 e. The quantitative estimate of drug-likeness (QED) is 0.808. The minimum absolute atomic E-state index is 0.0496. The first-order valence-electron chi connectivity index (χ1n) is 7.10. The Hall–Kier alpha value is -1.10. The van der Waals surface area contributed by atoms with E-state index in [1.165, 1.54) is 19.8 Å². The second-order valence-electron chi connectivity index (χ2n) is 6.32. The fourth-order valence-corrected chi connectivity index (χ4v) is 3.26. The third-order valence-electron chi connectivity index (χ3n) is 4.73.